The summed E-state index contributed by atoms with van der Waals surface area (Å²) in [5.41, 5.74) is -0.984. The van der Waals surface area contributed by atoms with Crippen LogP contribution in [0.2, 0.25) is 0 Å². The molecule has 19 heavy (non-hydrogen) atoms. The molecule has 0 radical (unpaired) electrons. The zero-order chi connectivity index (χ0) is 14.0. The van der Waals surface area contributed by atoms with Gasteiger partial charge >= 0.3 is 12.1 Å². The number of rotatable bonds is 5. The lowest BCUT2D eigenvalue weighted by molar-refractivity contribution is -0.141. The fourth-order valence-electron chi connectivity index (χ4n) is 1.89. The third-order valence-electron chi connectivity index (χ3n) is 2.96. The summed E-state index contributed by atoms with van der Waals surface area (Å²) >= 11 is 0. The van der Waals surface area contributed by atoms with E-state index in [9.17, 15) is 18.0 Å². The number of anilines is 1. The van der Waals surface area contributed by atoms with E-state index in [1.54, 1.807) is 0 Å². The summed E-state index contributed by atoms with van der Waals surface area (Å²) in [6.45, 7) is 0. The maximum Gasteiger partial charge on any atom is 0.433 e. The standard InChI is InChI=1S/C12H13F3N2O2/c13-12(14,15)9-2-1-3-10(17-9)16-8(6-11(18)19)7-4-5-7/h1-3,7-8H,4-6H2,(H,16,17)(H,18,19). The minimum Gasteiger partial charge on any atom is -0.481 e. The molecule has 2 N–H and O–H groups in total. The number of hydrogen-bond acceptors (Lipinski definition) is 3. The molecule has 0 aromatic carbocycles. The SMILES string of the molecule is O=C(O)CC(Nc1cccc(C(F)(F)F)n1)C1CC1. The predicted octanol–water partition coefficient (Wildman–Crippen LogP) is 2.77. The molecule has 0 aliphatic heterocycles. The van der Waals surface area contributed by atoms with E-state index < -0.39 is 17.8 Å². The van der Waals surface area contributed by atoms with Gasteiger partial charge in [-0.1, -0.05) is 6.07 Å². The Kier molecular flexibility index (Phi) is 3.64. The first kappa shape index (κ1) is 13.6. The van der Waals surface area contributed by atoms with Crippen molar-refractivity contribution in [3.8, 4) is 0 Å². The molecule has 1 aliphatic rings. The summed E-state index contributed by atoms with van der Waals surface area (Å²) in [6, 6.07) is 3.18. The van der Waals surface area contributed by atoms with Gasteiger partial charge in [0.05, 0.1) is 6.42 Å². The molecule has 0 amide bonds. The highest BCUT2D eigenvalue weighted by Gasteiger charge is 2.35. The summed E-state index contributed by atoms with van der Waals surface area (Å²) in [6.07, 6.45) is -2.84. The Balaban J connectivity index is 2.10. The van der Waals surface area contributed by atoms with Crippen LogP contribution in [-0.2, 0) is 11.0 Å². The number of nitrogens with zero attached hydrogens (tertiary/aromatic N) is 1. The van der Waals surface area contributed by atoms with Crippen LogP contribution in [0.15, 0.2) is 18.2 Å². The van der Waals surface area contributed by atoms with Crippen molar-refractivity contribution >= 4 is 11.8 Å². The Labute approximate surface area is 107 Å². The van der Waals surface area contributed by atoms with E-state index in [1.165, 1.54) is 12.1 Å². The van der Waals surface area contributed by atoms with Crippen molar-refractivity contribution in [2.45, 2.75) is 31.5 Å². The van der Waals surface area contributed by atoms with Gasteiger partial charge in [0.1, 0.15) is 11.5 Å². The lowest BCUT2D eigenvalue weighted by Gasteiger charge is -2.17. The molecule has 1 fully saturated rings. The van der Waals surface area contributed by atoms with Crippen LogP contribution in [0.3, 0.4) is 0 Å². The molecule has 2 rings (SSSR count). The van der Waals surface area contributed by atoms with Crippen LogP contribution in [0, 0.1) is 5.92 Å². The van der Waals surface area contributed by atoms with Gasteiger partial charge in [0.25, 0.3) is 0 Å². The highest BCUT2D eigenvalue weighted by molar-refractivity contribution is 5.68. The molecule has 1 aromatic rings. The third kappa shape index (κ3) is 3.84. The van der Waals surface area contributed by atoms with Crippen molar-refractivity contribution in [1.29, 1.82) is 0 Å². The third-order valence-corrected chi connectivity index (χ3v) is 2.96. The molecule has 1 aliphatic carbocycles. The Bertz CT molecular complexity index is 472. The van der Waals surface area contributed by atoms with E-state index in [0.29, 0.717) is 0 Å². The van der Waals surface area contributed by atoms with Crippen molar-refractivity contribution in [1.82, 2.24) is 4.98 Å². The number of hydrogen-bond donors (Lipinski definition) is 2. The van der Waals surface area contributed by atoms with E-state index >= 15 is 0 Å². The van der Waals surface area contributed by atoms with E-state index in [4.69, 9.17) is 5.11 Å². The molecule has 4 nitrogen and oxygen atoms in total. The summed E-state index contributed by atoms with van der Waals surface area (Å²) in [7, 11) is 0. The summed E-state index contributed by atoms with van der Waals surface area (Å²) < 4.78 is 37.5. The van der Waals surface area contributed by atoms with Gasteiger partial charge in [0.15, 0.2) is 0 Å². The zero-order valence-corrected chi connectivity index (χ0v) is 9.94. The molecule has 1 aromatic heterocycles. The largest absolute Gasteiger partial charge is 0.481 e. The molecule has 0 spiro atoms. The molecule has 1 atom stereocenters. The monoisotopic (exact) mass is 274 g/mol. The average Bonchev–Trinajstić information content (AvgIpc) is 3.10. The van der Waals surface area contributed by atoms with Gasteiger partial charge < -0.3 is 10.4 Å². The lowest BCUT2D eigenvalue weighted by Crippen LogP contribution is -2.26. The van der Waals surface area contributed by atoms with Gasteiger partial charge in [0, 0.05) is 6.04 Å². The molecule has 0 saturated heterocycles. The van der Waals surface area contributed by atoms with Crippen LogP contribution in [0.1, 0.15) is 25.0 Å². The van der Waals surface area contributed by atoms with Crippen LogP contribution >= 0.6 is 0 Å². The first-order valence-electron chi connectivity index (χ1n) is 5.89. The van der Waals surface area contributed by atoms with E-state index in [0.717, 1.165) is 18.9 Å². The lowest BCUT2D eigenvalue weighted by atomic mass is 10.1. The zero-order valence-electron chi connectivity index (χ0n) is 9.94. The van der Waals surface area contributed by atoms with Gasteiger partial charge in [-0.25, -0.2) is 4.98 Å². The van der Waals surface area contributed by atoms with Crippen molar-refractivity contribution < 1.29 is 23.1 Å². The summed E-state index contributed by atoms with van der Waals surface area (Å²) in [4.78, 5) is 14.2. The Morgan fingerprint density at radius 3 is 2.68 bits per heavy atom. The summed E-state index contributed by atoms with van der Waals surface area (Å²) in [5, 5.41) is 11.6. The average molecular weight is 274 g/mol. The van der Waals surface area contributed by atoms with E-state index in [2.05, 4.69) is 10.3 Å². The maximum atomic E-state index is 12.5. The second-order valence-corrected chi connectivity index (χ2v) is 4.59. The van der Waals surface area contributed by atoms with Crippen molar-refractivity contribution in [2.75, 3.05) is 5.32 Å². The first-order valence-corrected chi connectivity index (χ1v) is 5.89. The summed E-state index contributed by atoms with van der Waals surface area (Å²) in [5.74, 6) is -0.711. The van der Waals surface area contributed by atoms with Crippen LogP contribution in [-0.4, -0.2) is 22.1 Å². The predicted molar refractivity (Wildman–Crippen MR) is 61.6 cm³/mol. The van der Waals surface area contributed by atoms with E-state index in [-0.39, 0.29) is 24.2 Å². The molecule has 104 valence electrons. The molecule has 1 heterocycles. The Morgan fingerprint density at radius 2 is 2.16 bits per heavy atom. The van der Waals surface area contributed by atoms with Crippen LogP contribution in [0.5, 0.6) is 0 Å². The van der Waals surface area contributed by atoms with Gasteiger partial charge in [0.2, 0.25) is 0 Å². The van der Waals surface area contributed by atoms with Gasteiger partial charge in [-0.2, -0.15) is 13.2 Å². The van der Waals surface area contributed by atoms with Crippen molar-refractivity contribution in [3.63, 3.8) is 0 Å². The quantitative estimate of drug-likeness (QED) is 0.866. The number of carboxylic acids is 1. The van der Waals surface area contributed by atoms with Crippen LogP contribution < -0.4 is 5.32 Å². The van der Waals surface area contributed by atoms with E-state index in [1.807, 2.05) is 0 Å². The molecular weight excluding hydrogens is 261 g/mol. The minimum absolute atomic E-state index is 0.0629. The second-order valence-electron chi connectivity index (χ2n) is 4.59. The highest BCUT2D eigenvalue weighted by atomic mass is 19.4. The van der Waals surface area contributed by atoms with Gasteiger partial charge in [-0.15, -0.1) is 0 Å². The number of alkyl halides is 3. The Hall–Kier alpha value is -1.79. The fraction of sp³-hybridized carbons (Fsp3) is 0.500. The topological polar surface area (TPSA) is 62.2 Å². The number of aliphatic carboxylic acids is 1. The molecule has 1 unspecified atom stereocenters. The second kappa shape index (κ2) is 5.07. The van der Waals surface area contributed by atoms with Crippen LogP contribution in [0.25, 0.3) is 0 Å². The first-order chi connectivity index (χ1) is 8.86. The van der Waals surface area contributed by atoms with Gasteiger partial charge in [-0.3, -0.25) is 4.79 Å². The number of aromatic nitrogens is 1. The van der Waals surface area contributed by atoms with Crippen LogP contribution in [0.4, 0.5) is 19.0 Å². The molecule has 0 bridgehead atoms. The molecule has 7 heteroatoms. The molecule has 1 saturated carbocycles. The Morgan fingerprint density at radius 1 is 1.47 bits per heavy atom. The highest BCUT2D eigenvalue weighted by Crippen LogP contribution is 2.36. The van der Waals surface area contributed by atoms with Gasteiger partial charge in [-0.05, 0) is 30.9 Å². The normalized spacial score (nSPS) is 17.0. The fourth-order valence-corrected chi connectivity index (χ4v) is 1.89. The number of nitrogens with one attached hydrogen (secondary N) is 1. The number of pyridine rings is 1. The minimum atomic E-state index is -4.50. The van der Waals surface area contributed by atoms with Crippen molar-refractivity contribution in [2.24, 2.45) is 5.92 Å². The smallest absolute Gasteiger partial charge is 0.433 e. The number of halogens is 3. The number of carboxylic acid groups (broad SMARTS) is 1. The molecular formula is C12H13F3N2O2. The maximum absolute atomic E-state index is 12.5. The van der Waals surface area contributed by atoms with Crippen molar-refractivity contribution in [3.05, 3.63) is 23.9 Å². The number of carbonyl (C=O) groups is 1.